The summed E-state index contributed by atoms with van der Waals surface area (Å²) in [5, 5.41) is 2.82. The first-order valence-electron chi connectivity index (χ1n) is 6.77. The second kappa shape index (κ2) is 5.95. The highest BCUT2D eigenvalue weighted by molar-refractivity contribution is 9.10. The summed E-state index contributed by atoms with van der Waals surface area (Å²) in [6.45, 7) is 6.28. The van der Waals surface area contributed by atoms with E-state index < -0.39 is 6.04 Å². The summed E-state index contributed by atoms with van der Waals surface area (Å²) in [4.78, 5) is 26.2. The molecule has 1 aromatic rings. The zero-order chi connectivity index (χ0) is 14.9. The molecule has 1 atom stereocenters. The number of nitrogens with one attached hydrogen (secondary N) is 1. The number of benzene rings is 1. The van der Waals surface area contributed by atoms with E-state index in [9.17, 15) is 9.59 Å². The predicted molar refractivity (Wildman–Crippen MR) is 82.6 cm³/mol. The Balaban J connectivity index is 2.41. The van der Waals surface area contributed by atoms with Gasteiger partial charge in [0.1, 0.15) is 6.04 Å². The molecule has 0 aliphatic carbocycles. The summed E-state index contributed by atoms with van der Waals surface area (Å²) >= 11 is 3.49. The molecule has 2 amide bonds. The molecule has 1 N–H and O–H groups in total. The summed E-state index contributed by atoms with van der Waals surface area (Å²) in [7, 11) is 0. The van der Waals surface area contributed by atoms with Gasteiger partial charge in [-0.25, -0.2) is 0 Å². The summed E-state index contributed by atoms with van der Waals surface area (Å²) in [5.41, 5.74) is 1.91. The second-order valence-electron chi connectivity index (χ2n) is 5.48. The molecule has 1 saturated heterocycles. The van der Waals surface area contributed by atoms with E-state index in [1.54, 1.807) is 4.90 Å². The summed E-state index contributed by atoms with van der Waals surface area (Å²) in [5.74, 6) is -0.0453. The number of amides is 2. The molecule has 1 heterocycles. The molecule has 1 aliphatic rings. The largest absolute Gasteiger partial charge is 0.344 e. The van der Waals surface area contributed by atoms with Gasteiger partial charge in [-0.3, -0.25) is 9.59 Å². The number of aryl methyl sites for hydroxylation is 1. The first-order chi connectivity index (χ1) is 9.40. The van der Waals surface area contributed by atoms with Crippen LogP contribution in [0.15, 0.2) is 22.7 Å². The van der Waals surface area contributed by atoms with Crippen molar-refractivity contribution in [3.63, 3.8) is 0 Å². The van der Waals surface area contributed by atoms with Crippen molar-refractivity contribution in [2.75, 3.05) is 11.4 Å². The zero-order valence-electron chi connectivity index (χ0n) is 11.9. The molecule has 0 spiro atoms. The third kappa shape index (κ3) is 3.03. The lowest BCUT2D eigenvalue weighted by molar-refractivity contribution is -0.126. The quantitative estimate of drug-likeness (QED) is 0.901. The lowest BCUT2D eigenvalue weighted by atomic mass is 10.0. The van der Waals surface area contributed by atoms with Gasteiger partial charge < -0.3 is 10.2 Å². The molecular formula is C15H19BrN2O2. The van der Waals surface area contributed by atoms with Crippen LogP contribution in [0.4, 0.5) is 5.69 Å². The fraction of sp³-hybridized carbons (Fsp3) is 0.467. The van der Waals surface area contributed by atoms with Crippen LogP contribution in [0.3, 0.4) is 0 Å². The van der Waals surface area contributed by atoms with E-state index in [2.05, 4.69) is 21.2 Å². The first kappa shape index (κ1) is 15.0. The Morgan fingerprint density at radius 3 is 2.70 bits per heavy atom. The van der Waals surface area contributed by atoms with Gasteiger partial charge in [0.2, 0.25) is 11.8 Å². The number of rotatable bonds is 2. The Kier molecular flexibility index (Phi) is 4.48. The number of halogens is 1. The first-order valence-corrected chi connectivity index (χ1v) is 7.56. The zero-order valence-corrected chi connectivity index (χ0v) is 13.5. The molecule has 0 bridgehead atoms. The molecule has 1 aliphatic heterocycles. The van der Waals surface area contributed by atoms with Crippen LogP contribution in [-0.2, 0) is 9.59 Å². The van der Waals surface area contributed by atoms with Crippen molar-refractivity contribution in [1.29, 1.82) is 0 Å². The Bertz CT molecular complexity index is 543. The number of nitrogens with zero attached hydrogens (tertiary/aromatic N) is 1. The number of carbonyl (C=O) groups excluding carboxylic acids is 2. The minimum atomic E-state index is -0.461. The molecule has 4 nitrogen and oxygen atoms in total. The molecule has 1 aromatic carbocycles. The van der Waals surface area contributed by atoms with E-state index in [-0.39, 0.29) is 17.7 Å². The Labute approximate surface area is 127 Å². The lowest BCUT2D eigenvalue weighted by Gasteiger charge is -2.27. The average Bonchev–Trinajstić information content (AvgIpc) is 2.53. The minimum absolute atomic E-state index is 0.0443. The maximum atomic E-state index is 12.7. The van der Waals surface area contributed by atoms with Crippen LogP contribution in [-0.4, -0.2) is 24.4 Å². The van der Waals surface area contributed by atoms with Gasteiger partial charge in [0, 0.05) is 17.4 Å². The topological polar surface area (TPSA) is 49.4 Å². The maximum Gasteiger partial charge on any atom is 0.249 e. The average molecular weight is 339 g/mol. The van der Waals surface area contributed by atoms with E-state index in [4.69, 9.17) is 0 Å². The van der Waals surface area contributed by atoms with E-state index in [1.165, 1.54) is 0 Å². The van der Waals surface area contributed by atoms with Crippen LogP contribution in [0.5, 0.6) is 0 Å². The monoisotopic (exact) mass is 338 g/mol. The summed E-state index contributed by atoms with van der Waals surface area (Å²) < 4.78 is 0.869. The van der Waals surface area contributed by atoms with Crippen molar-refractivity contribution in [1.82, 2.24) is 5.32 Å². The van der Waals surface area contributed by atoms with Crippen LogP contribution in [0.2, 0.25) is 0 Å². The number of anilines is 1. The molecule has 0 aromatic heterocycles. The van der Waals surface area contributed by atoms with Gasteiger partial charge in [-0.2, -0.15) is 0 Å². The van der Waals surface area contributed by atoms with Gasteiger partial charge in [-0.15, -0.1) is 0 Å². The smallest absolute Gasteiger partial charge is 0.249 e. The molecule has 0 saturated carbocycles. The third-order valence-corrected chi connectivity index (χ3v) is 4.14. The second-order valence-corrected chi connectivity index (χ2v) is 6.34. The standard InChI is InChI=1S/C15H19BrN2O2/c1-9(2)14-15(20)18(7-6-13(19)17-14)12-8-10(3)4-5-11(12)16/h4-5,8-9,14H,6-7H2,1-3H3,(H,17,19). The summed E-state index contributed by atoms with van der Waals surface area (Å²) in [6, 6.07) is 5.43. The van der Waals surface area contributed by atoms with Crippen LogP contribution in [0.25, 0.3) is 0 Å². The highest BCUT2D eigenvalue weighted by atomic mass is 79.9. The van der Waals surface area contributed by atoms with Crippen molar-refractivity contribution < 1.29 is 9.59 Å². The fourth-order valence-electron chi connectivity index (χ4n) is 2.32. The van der Waals surface area contributed by atoms with Gasteiger partial charge in [0.25, 0.3) is 0 Å². The van der Waals surface area contributed by atoms with Gasteiger partial charge in [0.15, 0.2) is 0 Å². The lowest BCUT2D eigenvalue weighted by Crippen LogP contribution is -2.48. The Morgan fingerprint density at radius 1 is 1.35 bits per heavy atom. The van der Waals surface area contributed by atoms with Crippen molar-refractivity contribution >= 4 is 33.4 Å². The number of carbonyl (C=O) groups is 2. The number of hydrogen-bond acceptors (Lipinski definition) is 2. The molecule has 2 rings (SSSR count). The predicted octanol–water partition coefficient (Wildman–Crippen LogP) is 2.64. The molecule has 108 valence electrons. The molecule has 5 heteroatoms. The van der Waals surface area contributed by atoms with E-state index in [0.717, 1.165) is 15.7 Å². The van der Waals surface area contributed by atoms with Crippen molar-refractivity contribution in [3.05, 3.63) is 28.2 Å². The number of hydrogen-bond donors (Lipinski definition) is 1. The van der Waals surface area contributed by atoms with E-state index in [1.807, 2.05) is 39.0 Å². The van der Waals surface area contributed by atoms with Crippen molar-refractivity contribution in [3.8, 4) is 0 Å². The normalized spacial score (nSPS) is 20.1. The highest BCUT2D eigenvalue weighted by Gasteiger charge is 2.33. The van der Waals surface area contributed by atoms with Gasteiger partial charge >= 0.3 is 0 Å². The fourth-order valence-corrected chi connectivity index (χ4v) is 2.78. The SMILES string of the molecule is Cc1ccc(Br)c(N2CCC(=O)NC(C(C)C)C2=O)c1. The van der Waals surface area contributed by atoms with E-state index >= 15 is 0 Å². The summed E-state index contributed by atoms with van der Waals surface area (Å²) in [6.07, 6.45) is 0.329. The van der Waals surface area contributed by atoms with Gasteiger partial charge in [-0.05, 0) is 46.5 Å². The molecular weight excluding hydrogens is 320 g/mol. The Hall–Kier alpha value is -1.36. The molecule has 0 radical (unpaired) electrons. The highest BCUT2D eigenvalue weighted by Crippen LogP contribution is 2.29. The van der Waals surface area contributed by atoms with Crippen LogP contribution < -0.4 is 10.2 Å². The molecule has 20 heavy (non-hydrogen) atoms. The van der Waals surface area contributed by atoms with Crippen molar-refractivity contribution in [2.45, 2.75) is 33.2 Å². The van der Waals surface area contributed by atoms with Gasteiger partial charge in [0.05, 0.1) is 5.69 Å². The third-order valence-electron chi connectivity index (χ3n) is 3.47. The molecule has 1 fully saturated rings. The van der Waals surface area contributed by atoms with Gasteiger partial charge in [-0.1, -0.05) is 19.9 Å². The minimum Gasteiger partial charge on any atom is -0.344 e. The molecule has 1 unspecified atom stereocenters. The van der Waals surface area contributed by atoms with Crippen LogP contribution >= 0.6 is 15.9 Å². The van der Waals surface area contributed by atoms with Crippen LogP contribution in [0.1, 0.15) is 25.8 Å². The van der Waals surface area contributed by atoms with E-state index in [0.29, 0.717) is 13.0 Å². The van der Waals surface area contributed by atoms with Crippen LogP contribution in [0, 0.1) is 12.8 Å². The Morgan fingerprint density at radius 2 is 2.05 bits per heavy atom. The maximum absolute atomic E-state index is 12.7. The van der Waals surface area contributed by atoms with Crippen molar-refractivity contribution in [2.24, 2.45) is 5.92 Å².